The monoisotopic (exact) mass is 427 g/mol. The fourth-order valence-electron chi connectivity index (χ4n) is 2.82. The predicted octanol–water partition coefficient (Wildman–Crippen LogP) is 2.63. The van der Waals surface area contributed by atoms with Gasteiger partial charge < -0.3 is 19.4 Å². The zero-order valence-electron chi connectivity index (χ0n) is 16.7. The number of carbonyl (C=O) groups excluding carboxylic acids is 2. The molecular weight excluding hydrogens is 406 g/mol. The molecule has 0 fully saturated rings. The van der Waals surface area contributed by atoms with Crippen LogP contribution >= 0.6 is 0 Å². The van der Waals surface area contributed by atoms with E-state index in [0.717, 1.165) is 17.0 Å². The molecule has 0 saturated carbocycles. The van der Waals surface area contributed by atoms with Gasteiger partial charge in [-0.3, -0.25) is 9.00 Å². The summed E-state index contributed by atoms with van der Waals surface area (Å²) in [6.45, 7) is 0. The number of benzene rings is 2. The molecule has 8 nitrogen and oxygen atoms in total. The van der Waals surface area contributed by atoms with Crippen molar-refractivity contribution >= 4 is 28.4 Å². The Kier molecular flexibility index (Phi) is 6.63. The van der Waals surface area contributed by atoms with Crippen molar-refractivity contribution in [2.75, 3.05) is 25.3 Å². The summed E-state index contributed by atoms with van der Waals surface area (Å²) in [5.74, 6) is -0.392. The molecule has 3 aromatic rings. The molecule has 1 N–H and O–H groups in total. The average molecular weight is 427 g/mol. The Balaban J connectivity index is 1.66. The Labute approximate surface area is 176 Å². The summed E-state index contributed by atoms with van der Waals surface area (Å²) < 4.78 is 24.2. The summed E-state index contributed by atoms with van der Waals surface area (Å²) in [5.41, 5.74) is 2.53. The van der Waals surface area contributed by atoms with Gasteiger partial charge in [0.25, 0.3) is 0 Å². The molecule has 1 amide bonds. The summed E-state index contributed by atoms with van der Waals surface area (Å²) >= 11 is 0. The number of amides is 1. The third-order valence-corrected chi connectivity index (χ3v) is 5.70. The number of ether oxygens (including phenoxy) is 2. The molecule has 3 rings (SSSR count). The molecule has 0 aliphatic rings. The number of nitrogens with one attached hydrogen (secondary N) is 1. The van der Waals surface area contributed by atoms with Crippen LogP contribution in [0.15, 0.2) is 59.9 Å². The van der Waals surface area contributed by atoms with Crippen LogP contribution in [0, 0.1) is 0 Å². The lowest BCUT2D eigenvalue weighted by Crippen LogP contribution is -2.21. The number of nitrogens with zero attached hydrogens (tertiary/aromatic N) is 2. The smallest absolute Gasteiger partial charge is 0.337 e. The zero-order chi connectivity index (χ0) is 21.7. The highest BCUT2D eigenvalue weighted by Gasteiger charge is 2.18. The van der Waals surface area contributed by atoms with Crippen LogP contribution in [-0.2, 0) is 27.4 Å². The van der Waals surface area contributed by atoms with Gasteiger partial charge in [0, 0.05) is 18.3 Å². The van der Waals surface area contributed by atoms with Crippen LogP contribution in [0.2, 0.25) is 0 Å². The topological polar surface area (TPSA) is 99.5 Å². The van der Waals surface area contributed by atoms with Crippen molar-refractivity contribution in [3.05, 3.63) is 60.3 Å². The number of rotatable bonds is 7. The maximum atomic E-state index is 12.7. The van der Waals surface area contributed by atoms with Crippen molar-refractivity contribution < 1.29 is 23.3 Å². The Hall–Kier alpha value is -3.46. The van der Waals surface area contributed by atoms with Gasteiger partial charge >= 0.3 is 5.97 Å². The Morgan fingerprint density at radius 3 is 2.33 bits per heavy atom. The lowest BCUT2D eigenvalue weighted by Gasteiger charge is -2.08. The van der Waals surface area contributed by atoms with Crippen molar-refractivity contribution in [2.45, 2.75) is 5.16 Å². The molecule has 156 valence electrons. The first kappa shape index (κ1) is 21.3. The van der Waals surface area contributed by atoms with Gasteiger partial charge in [0.15, 0.2) is 5.16 Å². The highest BCUT2D eigenvalue weighted by Crippen LogP contribution is 2.23. The number of carbonyl (C=O) groups is 2. The molecule has 2 aromatic carbocycles. The predicted molar refractivity (Wildman–Crippen MR) is 113 cm³/mol. The number of hydrogen-bond acceptors (Lipinski definition) is 6. The van der Waals surface area contributed by atoms with Crippen LogP contribution in [-0.4, -0.2) is 45.6 Å². The summed E-state index contributed by atoms with van der Waals surface area (Å²) in [5, 5.41) is 2.97. The van der Waals surface area contributed by atoms with E-state index in [2.05, 4.69) is 15.0 Å². The summed E-state index contributed by atoms with van der Waals surface area (Å²) in [6, 6.07) is 13.7. The molecule has 0 spiro atoms. The molecule has 0 radical (unpaired) electrons. The van der Waals surface area contributed by atoms with Crippen LogP contribution in [0.1, 0.15) is 10.4 Å². The van der Waals surface area contributed by atoms with E-state index >= 15 is 0 Å². The van der Waals surface area contributed by atoms with E-state index in [9.17, 15) is 13.8 Å². The van der Waals surface area contributed by atoms with Crippen molar-refractivity contribution in [1.29, 1.82) is 0 Å². The number of methoxy groups -OCH3 is 2. The van der Waals surface area contributed by atoms with Gasteiger partial charge in [-0.25, -0.2) is 9.78 Å². The maximum absolute atomic E-state index is 12.7. The largest absolute Gasteiger partial charge is 0.497 e. The number of imidazole rings is 1. The fraction of sp³-hybridized carbons (Fsp3) is 0.190. The molecular formula is C21H21N3O5S. The van der Waals surface area contributed by atoms with Crippen molar-refractivity contribution in [3.8, 4) is 17.0 Å². The Morgan fingerprint density at radius 2 is 1.73 bits per heavy atom. The quantitative estimate of drug-likeness (QED) is 0.582. The minimum absolute atomic E-state index is 0.244. The molecule has 1 heterocycles. The van der Waals surface area contributed by atoms with Gasteiger partial charge in [0.2, 0.25) is 5.91 Å². The first-order valence-electron chi connectivity index (χ1n) is 8.95. The van der Waals surface area contributed by atoms with Crippen molar-refractivity contribution in [1.82, 2.24) is 9.55 Å². The van der Waals surface area contributed by atoms with Gasteiger partial charge in [0.1, 0.15) is 11.5 Å². The standard InChI is InChI=1S/C21H21N3O5S/c1-24-18(14-6-10-17(28-2)11-7-14)12-22-21(24)30(27)13-19(25)23-16-8-4-15(5-9-16)20(26)29-3/h4-12H,13H2,1-3H3,(H,23,25)/t30-/m0/s1. The van der Waals surface area contributed by atoms with Crippen LogP contribution in [0.3, 0.4) is 0 Å². The van der Waals surface area contributed by atoms with Crippen molar-refractivity contribution in [2.24, 2.45) is 7.05 Å². The van der Waals surface area contributed by atoms with Gasteiger partial charge in [-0.1, -0.05) is 0 Å². The molecule has 0 aliphatic carbocycles. The lowest BCUT2D eigenvalue weighted by atomic mass is 10.1. The molecule has 1 atom stereocenters. The van der Waals surface area contributed by atoms with Crippen LogP contribution < -0.4 is 10.1 Å². The fourth-order valence-corrected chi connectivity index (χ4v) is 3.84. The van der Waals surface area contributed by atoms with Gasteiger partial charge in [-0.15, -0.1) is 0 Å². The van der Waals surface area contributed by atoms with Gasteiger partial charge in [0.05, 0.1) is 42.5 Å². The zero-order valence-corrected chi connectivity index (χ0v) is 17.6. The first-order chi connectivity index (χ1) is 14.4. The highest BCUT2D eigenvalue weighted by molar-refractivity contribution is 7.85. The van der Waals surface area contributed by atoms with E-state index in [1.165, 1.54) is 19.2 Å². The van der Waals surface area contributed by atoms with E-state index in [-0.39, 0.29) is 5.75 Å². The lowest BCUT2D eigenvalue weighted by molar-refractivity contribution is -0.113. The van der Waals surface area contributed by atoms with Gasteiger partial charge in [-0.05, 0) is 48.5 Å². The minimum atomic E-state index is -1.63. The van der Waals surface area contributed by atoms with Gasteiger partial charge in [-0.2, -0.15) is 0 Å². The van der Waals surface area contributed by atoms with E-state index < -0.39 is 22.7 Å². The number of aromatic nitrogens is 2. The minimum Gasteiger partial charge on any atom is -0.497 e. The summed E-state index contributed by atoms with van der Waals surface area (Å²) in [6.07, 6.45) is 1.62. The molecule has 0 saturated heterocycles. The number of anilines is 1. The van der Waals surface area contributed by atoms with Crippen molar-refractivity contribution in [3.63, 3.8) is 0 Å². The normalized spacial score (nSPS) is 11.6. The molecule has 0 aliphatic heterocycles. The second-order valence-electron chi connectivity index (χ2n) is 6.32. The van der Waals surface area contributed by atoms with E-state index in [1.54, 1.807) is 37.1 Å². The molecule has 9 heteroatoms. The van der Waals surface area contributed by atoms with Crippen LogP contribution in [0.5, 0.6) is 5.75 Å². The summed E-state index contributed by atoms with van der Waals surface area (Å²) in [4.78, 5) is 28.0. The SMILES string of the molecule is COC(=O)c1ccc(NC(=O)C[S@](=O)c2ncc(-c3ccc(OC)cc3)n2C)cc1. The Bertz CT molecular complexity index is 1080. The van der Waals surface area contributed by atoms with E-state index in [0.29, 0.717) is 16.4 Å². The molecule has 30 heavy (non-hydrogen) atoms. The second kappa shape index (κ2) is 9.36. The first-order valence-corrected chi connectivity index (χ1v) is 10.3. The number of esters is 1. The van der Waals surface area contributed by atoms with E-state index in [1.807, 2.05) is 24.3 Å². The van der Waals surface area contributed by atoms with E-state index in [4.69, 9.17) is 4.74 Å². The second-order valence-corrected chi connectivity index (χ2v) is 7.67. The molecule has 0 bridgehead atoms. The average Bonchev–Trinajstić information content (AvgIpc) is 3.15. The van der Waals surface area contributed by atoms with Crippen LogP contribution in [0.25, 0.3) is 11.3 Å². The third-order valence-electron chi connectivity index (χ3n) is 4.39. The third kappa shape index (κ3) is 4.74. The maximum Gasteiger partial charge on any atom is 0.337 e. The Morgan fingerprint density at radius 1 is 1.07 bits per heavy atom. The highest BCUT2D eigenvalue weighted by atomic mass is 32.2. The van der Waals surface area contributed by atoms with Crippen LogP contribution in [0.4, 0.5) is 5.69 Å². The molecule has 1 aromatic heterocycles. The molecule has 0 unspecified atom stereocenters. The summed E-state index contributed by atoms with van der Waals surface area (Å²) in [7, 11) is 3.02. The number of hydrogen-bond donors (Lipinski definition) is 1.